The minimum atomic E-state index is 0.688. The first-order chi connectivity index (χ1) is 8.11. The predicted octanol–water partition coefficient (Wildman–Crippen LogP) is 1.96. The molecule has 0 aliphatic carbocycles. The molecule has 0 saturated carbocycles. The second kappa shape index (κ2) is 5.50. The monoisotopic (exact) mass is 301 g/mol. The minimum absolute atomic E-state index is 0.688. The summed E-state index contributed by atoms with van der Waals surface area (Å²) >= 11 is 3.62. The van der Waals surface area contributed by atoms with Crippen LogP contribution in [0.25, 0.3) is 0 Å². The maximum Gasteiger partial charge on any atom is 0.0739 e. The summed E-state index contributed by atoms with van der Waals surface area (Å²) in [6, 6.07) is 0. The van der Waals surface area contributed by atoms with Crippen molar-refractivity contribution in [1.29, 1.82) is 0 Å². The second-order valence-corrected chi connectivity index (χ2v) is 5.61. The minimum Gasteiger partial charge on any atom is -0.384 e. The van der Waals surface area contributed by atoms with E-state index in [9.17, 15) is 0 Å². The van der Waals surface area contributed by atoms with E-state index in [2.05, 4.69) is 25.9 Å². The maximum absolute atomic E-state index is 5.22. The van der Waals surface area contributed by atoms with Gasteiger partial charge in [-0.25, -0.2) is 0 Å². The fourth-order valence-electron chi connectivity index (χ4n) is 2.49. The highest BCUT2D eigenvalue weighted by Crippen LogP contribution is 2.24. The molecule has 1 unspecified atom stereocenters. The molecule has 0 bridgehead atoms. The van der Waals surface area contributed by atoms with Crippen LogP contribution in [0.5, 0.6) is 0 Å². The van der Waals surface area contributed by atoms with Crippen molar-refractivity contribution in [1.82, 2.24) is 14.7 Å². The molecular weight excluding hydrogens is 282 g/mol. The topological polar surface area (TPSA) is 30.3 Å². The number of hydrogen-bond acceptors (Lipinski definition) is 3. The summed E-state index contributed by atoms with van der Waals surface area (Å²) in [5, 5.41) is 4.43. The molecule has 1 aromatic rings. The molecular formula is C12H20BrN3O. The summed E-state index contributed by atoms with van der Waals surface area (Å²) < 4.78 is 8.35. The van der Waals surface area contributed by atoms with E-state index < -0.39 is 0 Å². The van der Waals surface area contributed by atoms with Crippen LogP contribution in [0.4, 0.5) is 0 Å². The normalized spacial score (nSPS) is 21.3. The summed E-state index contributed by atoms with van der Waals surface area (Å²) in [7, 11) is 3.79. The van der Waals surface area contributed by atoms with Crippen molar-refractivity contribution >= 4 is 15.9 Å². The van der Waals surface area contributed by atoms with Gasteiger partial charge in [-0.2, -0.15) is 5.10 Å². The van der Waals surface area contributed by atoms with E-state index >= 15 is 0 Å². The van der Waals surface area contributed by atoms with Crippen molar-refractivity contribution in [3.63, 3.8) is 0 Å². The van der Waals surface area contributed by atoms with Crippen LogP contribution >= 0.6 is 15.9 Å². The summed E-state index contributed by atoms with van der Waals surface area (Å²) in [4.78, 5) is 2.48. The van der Waals surface area contributed by atoms with Gasteiger partial charge < -0.3 is 4.74 Å². The number of hydrogen-bond donors (Lipinski definition) is 0. The third-order valence-corrected chi connectivity index (χ3v) is 4.44. The molecule has 1 aromatic heterocycles. The van der Waals surface area contributed by atoms with Gasteiger partial charge in [0.1, 0.15) is 0 Å². The number of methoxy groups -OCH3 is 1. The van der Waals surface area contributed by atoms with Crippen molar-refractivity contribution in [2.45, 2.75) is 19.9 Å². The van der Waals surface area contributed by atoms with Crippen molar-refractivity contribution in [2.75, 3.05) is 26.8 Å². The Morgan fingerprint density at radius 2 is 2.29 bits per heavy atom. The molecule has 1 atom stereocenters. The third-order valence-electron chi connectivity index (χ3n) is 3.41. The highest BCUT2D eigenvalue weighted by Gasteiger charge is 2.24. The Kier molecular flexibility index (Phi) is 4.22. The van der Waals surface area contributed by atoms with Crippen LogP contribution in [0.2, 0.25) is 0 Å². The van der Waals surface area contributed by atoms with Gasteiger partial charge >= 0.3 is 0 Å². The van der Waals surface area contributed by atoms with Crippen molar-refractivity contribution in [3.05, 3.63) is 15.9 Å². The lowest BCUT2D eigenvalue weighted by atomic mass is 10.1. The first kappa shape index (κ1) is 13.1. The smallest absolute Gasteiger partial charge is 0.0739 e. The largest absolute Gasteiger partial charge is 0.384 e. The van der Waals surface area contributed by atoms with Crippen LogP contribution in [0.1, 0.15) is 17.8 Å². The Hall–Kier alpha value is -0.390. The Morgan fingerprint density at radius 3 is 2.88 bits per heavy atom. The second-order valence-electron chi connectivity index (χ2n) is 4.81. The molecule has 2 rings (SSSR count). The summed E-state index contributed by atoms with van der Waals surface area (Å²) in [5.74, 6) is 0.688. The van der Waals surface area contributed by atoms with Gasteiger partial charge in [0.15, 0.2) is 0 Å². The fourth-order valence-corrected chi connectivity index (χ4v) is 2.95. The lowest BCUT2D eigenvalue weighted by Gasteiger charge is -2.16. The number of nitrogens with zero attached hydrogens (tertiary/aromatic N) is 3. The lowest BCUT2D eigenvalue weighted by Crippen LogP contribution is -2.22. The highest BCUT2D eigenvalue weighted by molar-refractivity contribution is 9.10. The number of ether oxygens (including phenoxy) is 1. The van der Waals surface area contributed by atoms with Gasteiger partial charge in [-0.3, -0.25) is 9.58 Å². The standard InChI is InChI=1S/C12H20BrN3O/c1-9-12(13)11(15(2)14-9)7-16-5-4-10(6-16)8-17-3/h10H,4-8H2,1-3H3. The van der Waals surface area contributed by atoms with Gasteiger partial charge in [0, 0.05) is 27.2 Å². The Labute approximate surface area is 111 Å². The predicted molar refractivity (Wildman–Crippen MR) is 70.9 cm³/mol. The summed E-state index contributed by atoms with van der Waals surface area (Å²) in [5.41, 5.74) is 2.33. The van der Waals surface area contributed by atoms with E-state index in [1.807, 2.05) is 18.7 Å². The Morgan fingerprint density at radius 1 is 1.53 bits per heavy atom. The van der Waals surface area contributed by atoms with Crippen LogP contribution < -0.4 is 0 Å². The zero-order valence-corrected chi connectivity index (χ0v) is 12.3. The first-order valence-electron chi connectivity index (χ1n) is 6.01. The zero-order chi connectivity index (χ0) is 12.4. The van der Waals surface area contributed by atoms with E-state index in [0.29, 0.717) is 5.92 Å². The molecule has 0 spiro atoms. The molecule has 5 heteroatoms. The summed E-state index contributed by atoms with van der Waals surface area (Å²) in [6.45, 7) is 6.17. The van der Waals surface area contributed by atoms with E-state index in [4.69, 9.17) is 4.74 Å². The van der Waals surface area contributed by atoms with Crippen LogP contribution in [0.15, 0.2) is 4.47 Å². The van der Waals surface area contributed by atoms with Crippen LogP contribution in [0.3, 0.4) is 0 Å². The SMILES string of the molecule is COCC1CCN(Cc2c(Br)c(C)nn2C)C1. The van der Waals surface area contributed by atoms with E-state index in [1.165, 1.54) is 12.1 Å². The molecule has 2 heterocycles. The molecule has 17 heavy (non-hydrogen) atoms. The molecule has 4 nitrogen and oxygen atoms in total. The molecule has 96 valence electrons. The van der Waals surface area contributed by atoms with Crippen molar-refractivity contribution in [3.8, 4) is 0 Å². The molecule has 0 aromatic carbocycles. The van der Waals surface area contributed by atoms with E-state index in [-0.39, 0.29) is 0 Å². The van der Waals surface area contributed by atoms with Crippen molar-refractivity contribution < 1.29 is 4.74 Å². The molecule has 1 aliphatic rings. The van der Waals surface area contributed by atoms with E-state index in [0.717, 1.165) is 36.4 Å². The van der Waals surface area contributed by atoms with Crippen molar-refractivity contribution in [2.24, 2.45) is 13.0 Å². The zero-order valence-electron chi connectivity index (χ0n) is 10.7. The van der Waals surface area contributed by atoms with Gasteiger partial charge in [0.2, 0.25) is 0 Å². The molecule has 1 aliphatic heterocycles. The average Bonchev–Trinajstić information content (AvgIpc) is 2.81. The molecule has 0 N–H and O–H groups in total. The van der Waals surface area contributed by atoms with Gasteiger partial charge in [-0.05, 0) is 41.7 Å². The third kappa shape index (κ3) is 2.89. The van der Waals surface area contributed by atoms with Gasteiger partial charge in [-0.15, -0.1) is 0 Å². The van der Waals surface area contributed by atoms with Gasteiger partial charge in [-0.1, -0.05) is 0 Å². The highest BCUT2D eigenvalue weighted by atomic mass is 79.9. The number of halogens is 1. The first-order valence-corrected chi connectivity index (χ1v) is 6.80. The van der Waals surface area contributed by atoms with E-state index in [1.54, 1.807) is 7.11 Å². The number of likely N-dealkylation sites (tertiary alicyclic amines) is 1. The van der Waals surface area contributed by atoms with Gasteiger partial charge in [0.05, 0.1) is 22.5 Å². The number of rotatable bonds is 4. The maximum atomic E-state index is 5.22. The molecule has 1 fully saturated rings. The Balaban J connectivity index is 1.98. The van der Waals surface area contributed by atoms with Crippen LogP contribution in [-0.2, 0) is 18.3 Å². The van der Waals surface area contributed by atoms with Crippen LogP contribution in [-0.4, -0.2) is 41.5 Å². The fraction of sp³-hybridized carbons (Fsp3) is 0.750. The Bertz CT molecular complexity index is 391. The van der Waals surface area contributed by atoms with Crippen LogP contribution in [0, 0.1) is 12.8 Å². The average molecular weight is 302 g/mol. The van der Waals surface area contributed by atoms with Gasteiger partial charge in [0.25, 0.3) is 0 Å². The number of aromatic nitrogens is 2. The summed E-state index contributed by atoms with van der Waals surface area (Å²) in [6.07, 6.45) is 1.24. The molecule has 0 radical (unpaired) electrons. The molecule has 1 saturated heterocycles. The molecule has 0 amide bonds. The lowest BCUT2D eigenvalue weighted by molar-refractivity contribution is 0.152. The quantitative estimate of drug-likeness (QED) is 0.852. The number of aryl methyl sites for hydroxylation is 2.